The maximum atomic E-state index is 10.3. The highest BCUT2D eigenvalue weighted by molar-refractivity contribution is 9.10. The smallest absolute Gasteiger partial charge is 0.0802 e. The SMILES string of the molecule is CCC(C)N(CCOC)CCC(O)c1ccc(Br)cc1. The van der Waals surface area contributed by atoms with Gasteiger partial charge in [-0.2, -0.15) is 0 Å². The third kappa shape index (κ3) is 5.92. The van der Waals surface area contributed by atoms with E-state index in [0.717, 1.165) is 42.6 Å². The lowest BCUT2D eigenvalue weighted by atomic mass is 10.1. The van der Waals surface area contributed by atoms with Crippen LogP contribution in [0.2, 0.25) is 0 Å². The molecule has 0 aromatic heterocycles. The van der Waals surface area contributed by atoms with Gasteiger partial charge < -0.3 is 9.84 Å². The van der Waals surface area contributed by atoms with Gasteiger partial charge in [-0.3, -0.25) is 4.90 Å². The number of aliphatic hydroxyl groups excluding tert-OH is 1. The molecule has 0 bridgehead atoms. The Morgan fingerprint density at radius 2 is 1.90 bits per heavy atom. The molecule has 0 spiro atoms. The minimum absolute atomic E-state index is 0.405. The van der Waals surface area contributed by atoms with Gasteiger partial charge in [-0.1, -0.05) is 35.0 Å². The van der Waals surface area contributed by atoms with E-state index in [1.54, 1.807) is 7.11 Å². The highest BCUT2D eigenvalue weighted by Gasteiger charge is 2.14. The Morgan fingerprint density at radius 1 is 1.25 bits per heavy atom. The Balaban J connectivity index is 2.50. The van der Waals surface area contributed by atoms with Crippen LogP contribution in [-0.2, 0) is 4.74 Å². The molecule has 1 rings (SSSR count). The summed E-state index contributed by atoms with van der Waals surface area (Å²) >= 11 is 3.41. The number of hydrogen-bond donors (Lipinski definition) is 1. The summed E-state index contributed by atoms with van der Waals surface area (Å²) in [6.07, 6.45) is 1.45. The number of methoxy groups -OCH3 is 1. The minimum atomic E-state index is -0.405. The van der Waals surface area contributed by atoms with E-state index in [2.05, 4.69) is 34.7 Å². The van der Waals surface area contributed by atoms with Crippen molar-refractivity contribution in [2.75, 3.05) is 26.8 Å². The van der Waals surface area contributed by atoms with Crippen LogP contribution in [0.15, 0.2) is 28.7 Å². The molecule has 2 atom stereocenters. The summed E-state index contributed by atoms with van der Waals surface area (Å²) in [6, 6.07) is 8.39. The summed E-state index contributed by atoms with van der Waals surface area (Å²) in [6.45, 7) is 6.95. The van der Waals surface area contributed by atoms with Gasteiger partial charge in [-0.05, 0) is 37.5 Å². The van der Waals surface area contributed by atoms with Crippen LogP contribution in [-0.4, -0.2) is 42.9 Å². The van der Waals surface area contributed by atoms with Gasteiger partial charge >= 0.3 is 0 Å². The summed E-state index contributed by atoms with van der Waals surface area (Å²) in [7, 11) is 1.73. The first-order chi connectivity index (χ1) is 9.58. The second kappa shape index (κ2) is 9.50. The highest BCUT2D eigenvalue weighted by atomic mass is 79.9. The Bertz CT molecular complexity index is 369. The molecular formula is C16H26BrNO2. The van der Waals surface area contributed by atoms with Gasteiger partial charge in [0.1, 0.15) is 0 Å². The van der Waals surface area contributed by atoms with Crippen molar-refractivity contribution in [3.63, 3.8) is 0 Å². The van der Waals surface area contributed by atoms with Gasteiger partial charge in [0, 0.05) is 30.7 Å². The van der Waals surface area contributed by atoms with Crippen molar-refractivity contribution in [2.24, 2.45) is 0 Å². The zero-order valence-corrected chi connectivity index (χ0v) is 14.3. The average Bonchev–Trinajstić information content (AvgIpc) is 2.47. The lowest BCUT2D eigenvalue weighted by Gasteiger charge is -2.29. The van der Waals surface area contributed by atoms with Gasteiger partial charge in [-0.15, -0.1) is 0 Å². The van der Waals surface area contributed by atoms with Crippen LogP contribution in [0.25, 0.3) is 0 Å². The van der Waals surface area contributed by atoms with Crippen LogP contribution in [0.1, 0.15) is 38.4 Å². The van der Waals surface area contributed by atoms with Crippen molar-refractivity contribution in [2.45, 2.75) is 38.8 Å². The van der Waals surface area contributed by atoms with Crippen LogP contribution in [0.4, 0.5) is 0 Å². The van der Waals surface area contributed by atoms with Gasteiger partial charge in [0.15, 0.2) is 0 Å². The van der Waals surface area contributed by atoms with Crippen molar-refractivity contribution in [3.05, 3.63) is 34.3 Å². The summed E-state index contributed by atoms with van der Waals surface area (Å²) in [5, 5.41) is 10.3. The van der Waals surface area contributed by atoms with Crippen molar-refractivity contribution in [1.29, 1.82) is 0 Å². The van der Waals surface area contributed by atoms with Gasteiger partial charge in [0.05, 0.1) is 12.7 Å². The molecule has 0 saturated heterocycles. The third-order valence-electron chi connectivity index (χ3n) is 3.74. The number of halogens is 1. The maximum Gasteiger partial charge on any atom is 0.0802 e. The van der Waals surface area contributed by atoms with E-state index >= 15 is 0 Å². The fourth-order valence-corrected chi connectivity index (χ4v) is 2.42. The first-order valence-corrected chi connectivity index (χ1v) is 8.04. The van der Waals surface area contributed by atoms with Gasteiger partial charge in [0.25, 0.3) is 0 Å². The molecule has 0 saturated carbocycles. The zero-order valence-electron chi connectivity index (χ0n) is 12.7. The molecule has 0 aliphatic carbocycles. The summed E-state index contributed by atoms with van der Waals surface area (Å²) in [5.41, 5.74) is 0.976. The molecule has 0 aliphatic heterocycles. The fraction of sp³-hybridized carbons (Fsp3) is 0.625. The van der Waals surface area contributed by atoms with Crippen molar-refractivity contribution in [1.82, 2.24) is 4.90 Å². The number of aliphatic hydroxyl groups is 1. The predicted octanol–water partition coefficient (Wildman–Crippen LogP) is 3.62. The van der Waals surface area contributed by atoms with Crippen molar-refractivity contribution in [3.8, 4) is 0 Å². The average molecular weight is 344 g/mol. The fourth-order valence-electron chi connectivity index (χ4n) is 2.16. The normalized spacial score (nSPS) is 14.5. The largest absolute Gasteiger partial charge is 0.388 e. The molecule has 114 valence electrons. The molecule has 3 nitrogen and oxygen atoms in total. The lowest BCUT2D eigenvalue weighted by Crippen LogP contribution is -2.36. The first-order valence-electron chi connectivity index (χ1n) is 7.25. The number of benzene rings is 1. The maximum absolute atomic E-state index is 10.3. The zero-order chi connectivity index (χ0) is 15.0. The van der Waals surface area contributed by atoms with Crippen LogP contribution >= 0.6 is 15.9 Å². The molecule has 20 heavy (non-hydrogen) atoms. The molecule has 1 aromatic rings. The second-order valence-corrected chi connectivity index (χ2v) is 6.06. The molecule has 0 amide bonds. The summed E-state index contributed by atoms with van der Waals surface area (Å²) in [5.74, 6) is 0. The van der Waals surface area contributed by atoms with Gasteiger partial charge in [-0.25, -0.2) is 0 Å². The van der Waals surface area contributed by atoms with E-state index in [0.29, 0.717) is 6.04 Å². The number of rotatable bonds is 9. The van der Waals surface area contributed by atoms with Gasteiger partial charge in [0.2, 0.25) is 0 Å². The second-order valence-electron chi connectivity index (χ2n) is 5.14. The molecule has 0 fully saturated rings. The number of nitrogens with zero attached hydrogens (tertiary/aromatic N) is 1. The van der Waals surface area contributed by atoms with E-state index in [-0.39, 0.29) is 0 Å². The molecule has 1 N–H and O–H groups in total. The highest BCUT2D eigenvalue weighted by Crippen LogP contribution is 2.20. The van der Waals surface area contributed by atoms with E-state index in [1.807, 2.05) is 24.3 Å². The van der Waals surface area contributed by atoms with E-state index in [4.69, 9.17) is 4.74 Å². The van der Waals surface area contributed by atoms with Crippen LogP contribution in [0, 0.1) is 0 Å². The summed E-state index contributed by atoms with van der Waals surface area (Å²) < 4.78 is 6.20. The summed E-state index contributed by atoms with van der Waals surface area (Å²) in [4.78, 5) is 2.38. The Labute approximate surface area is 131 Å². The Kier molecular flexibility index (Phi) is 8.38. The third-order valence-corrected chi connectivity index (χ3v) is 4.27. The molecule has 4 heteroatoms. The first kappa shape index (κ1) is 17.6. The van der Waals surface area contributed by atoms with Crippen molar-refractivity contribution < 1.29 is 9.84 Å². The molecule has 0 radical (unpaired) electrons. The van der Waals surface area contributed by atoms with E-state index in [1.165, 1.54) is 0 Å². The molecule has 1 aromatic carbocycles. The number of ether oxygens (including phenoxy) is 1. The topological polar surface area (TPSA) is 32.7 Å². The minimum Gasteiger partial charge on any atom is -0.388 e. The van der Waals surface area contributed by atoms with E-state index < -0.39 is 6.10 Å². The quantitative estimate of drug-likeness (QED) is 0.743. The van der Waals surface area contributed by atoms with E-state index in [9.17, 15) is 5.11 Å². The van der Waals surface area contributed by atoms with Crippen LogP contribution < -0.4 is 0 Å². The molecule has 0 aliphatic rings. The standard InChI is InChI=1S/C16H26BrNO2/c1-4-13(2)18(11-12-20-3)10-9-16(19)14-5-7-15(17)8-6-14/h5-8,13,16,19H,4,9-12H2,1-3H3. The molecule has 2 unspecified atom stereocenters. The Hall–Kier alpha value is -0.420. The Morgan fingerprint density at radius 3 is 2.45 bits per heavy atom. The monoisotopic (exact) mass is 343 g/mol. The van der Waals surface area contributed by atoms with Crippen LogP contribution in [0.3, 0.4) is 0 Å². The van der Waals surface area contributed by atoms with Crippen molar-refractivity contribution >= 4 is 15.9 Å². The van der Waals surface area contributed by atoms with Crippen LogP contribution in [0.5, 0.6) is 0 Å². The molecular weight excluding hydrogens is 318 g/mol. The lowest BCUT2D eigenvalue weighted by molar-refractivity contribution is 0.0966. The number of hydrogen-bond acceptors (Lipinski definition) is 3. The predicted molar refractivity (Wildman–Crippen MR) is 86.9 cm³/mol. The molecule has 0 heterocycles.